The van der Waals surface area contributed by atoms with E-state index >= 15 is 0 Å². The van der Waals surface area contributed by atoms with Crippen LogP contribution in [-0.2, 0) is 0 Å². The summed E-state index contributed by atoms with van der Waals surface area (Å²) in [6.07, 6.45) is 1.27. The summed E-state index contributed by atoms with van der Waals surface area (Å²) in [6.45, 7) is 2.38. The summed E-state index contributed by atoms with van der Waals surface area (Å²) in [5, 5.41) is 18.7. The molecule has 1 rings (SSSR count). The molecule has 0 aliphatic carbocycles. The Morgan fingerprint density at radius 2 is 2.07 bits per heavy atom. The third-order valence-corrected chi connectivity index (χ3v) is 1.70. The van der Waals surface area contributed by atoms with Crippen molar-refractivity contribution < 1.29 is 19.7 Å². The minimum absolute atomic E-state index is 0.0475. The van der Waals surface area contributed by atoms with Gasteiger partial charge in [-0.15, -0.1) is 0 Å². The third-order valence-electron chi connectivity index (χ3n) is 1.70. The van der Waals surface area contributed by atoms with Crippen molar-refractivity contribution in [3.63, 3.8) is 0 Å². The van der Waals surface area contributed by atoms with Crippen molar-refractivity contribution in [2.75, 3.05) is 6.61 Å². The van der Waals surface area contributed by atoms with Gasteiger partial charge >= 0.3 is 0 Å². The van der Waals surface area contributed by atoms with E-state index in [9.17, 15) is 15.0 Å². The highest BCUT2D eigenvalue weighted by molar-refractivity contribution is 5.80. The first kappa shape index (κ1) is 10.4. The van der Waals surface area contributed by atoms with Crippen LogP contribution in [0.25, 0.3) is 0 Å². The van der Waals surface area contributed by atoms with Gasteiger partial charge in [0, 0.05) is 6.07 Å². The molecule has 0 aliphatic rings. The second kappa shape index (κ2) is 4.50. The van der Waals surface area contributed by atoms with Crippen molar-refractivity contribution in [3.8, 4) is 17.2 Å². The highest BCUT2D eigenvalue weighted by atomic mass is 16.5. The summed E-state index contributed by atoms with van der Waals surface area (Å²) in [7, 11) is 0. The summed E-state index contributed by atoms with van der Waals surface area (Å²) in [5.41, 5.74) is 0.0475. The van der Waals surface area contributed by atoms with Crippen LogP contribution in [0.5, 0.6) is 17.2 Å². The van der Waals surface area contributed by atoms with Crippen LogP contribution in [-0.4, -0.2) is 23.1 Å². The van der Waals surface area contributed by atoms with Gasteiger partial charge in [-0.05, 0) is 12.5 Å². The van der Waals surface area contributed by atoms with Crippen molar-refractivity contribution in [1.82, 2.24) is 0 Å². The fraction of sp³-hybridized carbons (Fsp3) is 0.300. The largest absolute Gasteiger partial charge is 0.507 e. The molecule has 14 heavy (non-hydrogen) atoms. The van der Waals surface area contributed by atoms with E-state index in [0.29, 0.717) is 12.9 Å². The molecule has 0 heterocycles. The minimum Gasteiger partial charge on any atom is -0.507 e. The van der Waals surface area contributed by atoms with E-state index < -0.39 is 0 Å². The van der Waals surface area contributed by atoms with Crippen LogP contribution in [0.15, 0.2) is 12.1 Å². The molecule has 0 saturated heterocycles. The predicted molar refractivity (Wildman–Crippen MR) is 50.9 cm³/mol. The van der Waals surface area contributed by atoms with Gasteiger partial charge in [0.25, 0.3) is 0 Å². The van der Waals surface area contributed by atoms with E-state index in [1.165, 1.54) is 12.1 Å². The zero-order valence-electron chi connectivity index (χ0n) is 7.86. The van der Waals surface area contributed by atoms with Gasteiger partial charge in [-0.2, -0.15) is 0 Å². The number of hydrogen-bond donors (Lipinski definition) is 2. The Labute approximate surface area is 81.8 Å². The van der Waals surface area contributed by atoms with Crippen LogP contribution in [0.3, 0.4) is 0 Å². The summed E-state index contributed by atoms with van der Waals surface area (Å²) < 4.78 is 5.14. The van der Waals surface area contributed by atoms with Gasteiger partial charge in [0.05, 0.1) is 12.2 Å². The molecule has 76 valence electrons. The number of benzene rings is 1. The third kappa shape index (κ3) is 2.16. The summed E-state index contributed by atoms with van der Waals surface area (Å²) >= 11 is 0. The molecular weight excluding hydrogens is 184 g/mol. The Morgan fingerprint density at radius 1 is 1.36 bits per heavy atom. The molecule has 0 unspecified atom stereocenters. The van der Waals surface area contributed by atoms with Crippen molar-refractivity contribution >= 4 is 6.29 Å². The van der Waals surface area contributed by atoms with Crippen LogP contribution in [0, 0.1) is 0 Å². The Balaban J connectivity index is 2.96. The van der Waals surface area contributed by atoms with Crippen molar-refractivity contribution in [2.45, 2.75) is 13.3 Å². The number of phenols is 2. The Bertz CT molecular complexity index is 333. The molecule has 0 atom stereocenters. The molecular formula is C10H12O4. The smallest absolute Gasteiger partial charge is 0.164 e. The second-order valence-corrected chi connectivity index (χ2v) is 2.85. The van der Waals surface area contributed by atoms with E-state index in [2.05, 4.69) is 0 Å². The summed E-state index contributed by atoms with van der Waals surface area (Å²) in [6, 6.07) is 2.40. The van der Waals surface area contributed by atoms with Gasteiger partial charge in [0.1, 0.15) is 5.75 Å². The first-order valence-corrected chi connectivity index (χ1v) is 4.33. The molecule has 4 heteroatoms. The first-order chi connectivity index (χ1) is 6.69. The number of rotatable bonds is 4. The molecule has 0 fully saturated rings. The highest BCUT2D eigenvalue weighted by Crippen LogP contribution is 2.32. The predicted octanol–water partition coefficient (Wildman–Crippen LogP) is 1.70. The van der Waals surface area contributed by atoms with E-state index in [-0.39, 0.29) is 22.8 Å². The van der Waals surface area contributed by atoms with Crippen LogP contribution in [0.2, 0.25) is 0 Å². The summed E-state index contributed by atoms with van der Waals surface area (Å²) in [4.78, 5) is 10.4. The Kier molecular flexibility index (Phi) is 3.34. The van der Waals surface area contributed by atoms with Gasteiger partial charge in [0.15, 0.2) is 17.8 Å². The molecule has 4 nitrogen and oxygen atoms in total. The van der Waals surface area contributed by atoms with Gasteiger partial charge in [-0.1, -0.05) is 6.92 Å². The summed E-state index contributed by atoms with van der Waals surface area (Å²) in [5.74, 6) is -0.141. The fourth-order valence-corrected chi connectivity index (χ4v) is 0.996. The number of aldehydes is 1. The molecule has 0 aliphatic heterocycles. The fourth-order valence-electron chi connectivity index (χ4n) is 0.996. The van der Waals surface area contributed by atoms with E-state index in [0.717, 1.165) is 6.42 Å². The Hall–Kier alpha value is -1.71. The molecule has 2 N–H and O–H groups in total. The van der Waals surface area contributed by atoms with Gasteiger partial charge < -0.3 is 14.9 Å². The SMILES string of the molecule is CCCOc1cc(O)c(C=O)cc1O. The van der Waals surface area contributed by atoms with Crippen LogP contribution < -0.4 is 4.74 Å². The van der Waals surface area contributed by atoms with Crippen LogP contribution >= 0.6 is 0 Å². The lowest BCUT2D eigenvalue weighted by molar-refractivity contribution is 0.112. The average molecular weight is 196 g/mol. The van der Waals surface area contributed by atoms with Crippen LogP contribution in [0.4, 0.5) is 0 Å². The van der Waals surface area contributed by atoms with Crippen molar-refractivity contribution in [3.05, 3.63) is 17.7 Å². The van der Waals surface area contributed by atoms with E-state index in [1.54, 1.807) is 0 Å². The lowest BCUT2D eigenvalue weighted by Crippen LogP contribution is -1.95. The molecule has 0 amide bonds. The standard InChI is InChI=1S/C10H12O4/c1-2-3-14-10-5-8(12)7(6-11)4-9(10)13/h4-6,12-13H,2-3H2,1H3. The first-order valence-electron chi connectivity index (χ1n) is 4.33. The lowest BCUT2D eigenvalue weighted by atomic mass is 10.2. The number of phenolic OH excluding ortho intramolecular Hbond substituents is 2. The molecule has 0 saturated carbocycles. The number of carbonyl (C=O) groups excluding carboxylic acids is 1. The number of carbonyl (C=O) groups is 1. The van der Waals surface area contributed by atoms with Crippen molar-refractivity contribution in [2.24, 2.45) is 0 Å². The molecule has 0 radical (unpaired) electrons. The van der Waals surface area contributed by atoms with Crippen molar-refractivity contribution in [1.29, 1.82) is 0 Å². The Morgan fingerprint density at radius 3 is 2.64 bits per heavy atom. The zero-order valence-corrected chi connectivity index (χ0v) is 7.86. The molecule has 0 spiro atoms. The lowest BCUT2D eigenvalue weighted by Gasteiger charge is -2.08. The van der Waals surface area contributed by atoms with E-state index in [1.807, 2.05) is 6.92 Å². The zero-order chi connectivity index (χ0) is 10.6. The maximum absolute atomic E-state index is 10.4. The van der Waals surface area contributed by atoms with Crippen LogP contribution in [0.1, 0.15) is 23.7 Å². The van der Waals surface area contributed by atoms with Gasteiger partial charge in [0.2, 0.25) is 0 Å². The molecule has 0 aromatic heterocycles. The highest BCUT2D eigenvalue weighted by Gasteiger charge is 2.08. The molecule has 1 aromatic carbocycles. The maximum atomic E-state index is 10.4. The quantitative estimate of drug-likeness (QED) is 0.568. The maximum Gasteiger partial charge on any atom is 0.164 e. The average Bonchev–Trinajstić information content (AvgIpc) is 2.18. The minimum atomic E-state index is -0.191. The van der Waals surface area contributed by atoms with Gasteiger partial charge in [-0.25, -0.2) is 0 Å². The number of hydrogen-bond acceptors (Lipinski definition) is 4. The second-order valence-electron chi connectivity index (χ2n) is 2.85. The van der Waals surface area contributed by atoms with Gasteiger partial charge in [-0.3, -0.25) is 4.79 Å². The topological polar surface area (TPSA) is 66.8 Å². The monoisotopic (exact) mass is 196 g/mol. The number of aromatic hydroxyl groups is 2. The normalized spacial score (nSPS) is 9.79. The van der Waals surface area contributed by atoms with E-state index in [4.69, 9.17) is 4.74 Å². The molecule has 1 aromatic rings. The molecule has 0 bridgehead atoms. The number of ether oxygens (including phenoxy) is 1.